The first kappa shape index (κ1) is 13.9. The van der Waals surface area contributed by atoms with E-state index in [1.54, 1.807) is 36.3 Å². The van der Waals surface area contributed by atoms with E-state index < -0.39 is 0 Å². The fourth-order valence-electron chi connectivity index (χ4n) is 1.91. The van der Waals surface area contributed by atoms with Crippen LogP contribution in [0.5, 0.6) is 0 Å². The molecule has 1 amide bonds. The molecule has 0 aliphatic rings. The lowest BCUT2D eigenvalue weighted by Crippen LogP contribution is -2.29. The van der Waals surface area contributed by atoms with Gasteiger partial charge < -0.3 is 16.4 Å². The molecule has 0 radical (unpaired) electrons. The molecule has 2 rings (SSSR count). The van der Waals surface area contributed by atoms with Gasteiger partial charge in [0.1, 0.15) is 0 Å². The van der Waals surface area contributed by atoms with Gasteiger partial charge in [-0.25, -0.2) is 0 Å². The van der Waals surface area contributed by atoms with Crippen molar-refractivity contribution in [2.75, 3.05) is 25.1 Å². The Morgan fingerprint density at radius 3 is 2.70 bits per heavy atom. The summed E-state index contributed by atoms with van der Waals surface area (Å²) >= 11 is 0. The zero-order chi connectivity index (χ0) is 14.5. The topological polar surface area (TPSA) is 85.2 Å². The highest BCUT2D eigenvalue weighted by atomic mass is 16.2. The Hall–Kier alpha value is -2.56. The lowest BCUT2D eigenvalue weighted by Gasteiger charge is -2.18. The number of pyridine rings is 1. The minimum atomic E-state index is -0.113. The normalized spacial score (nSPS) is 10.2. The zero-order valence-electron chi connectivity index (χ0n) is 11.4. The number of benzene rings is 1. The summed E-state index contributed by atoms with van der Waals surface area (Å²) in [5.74, 6) is -0.113. The third-order valence-corrected chi connectivity index (χ3v) is 3.08. The average molecular weight is 270 g/mol. The van der Waals surface area contributed by atoms with E-state index in [1.165, 1.54) is 0 Å². The van der Waals surface area contributed by atoms with Gasteiger partial charge >= 0.3 is 0 Å². The van der Waals surface area contributed by atoms with Crippen molar-refractivity contribution in [3.05, 3.63) is 53.9 Å². The van der Waals surface area contributed by atoms with Gasteiger partial charge in [-0.15, -0.1) is 0 Å². The highest BCUT2D eigenvalue weighted by Gasteiger charge is 2.14. The van der Waals surface area contributed by atoms with Crippen molar-refractivity contribution in [3.8, 4) is 0 Å². The van der Waals surface area contributed by atoms with Crippen LogP contribution in [0.2, 0.25) is 0 Å². The average Bonchev–Trinajstić information content (AvgIpc) is 2.45. The fraction of sp³-hybridized carbons (Fsp3) is 0.200. The molecule has 104 valence electrons. The Morgan fingerprint density at radius 2 is 2.05 bits per heavy atom. The van der Waals surface area contributed by atoms with Crippen LogP contribution in [0, 0.1) is 0 Å². The van der Waals surface area contributed by atoms with Crippen molar-refractivity contribution in [3.63, 3.8) is 0 Å². The van der Waals surface area contributed by atoms with E-state index in [0.29, 0.717) is 29.9 Å². The van der Waals surface area contributed by atoms with E-state index in [9.17, 15) is 4.79 Å². The minimum Gasteiger partial charge on any atom is -0.399 e. The van der Waals surface area contributed by atoms with Gasteiger partial charge in [0.15, 0.2) is 0 Å². The van der Waals surface area contributed by atoms with Crippen LogP contribution >= 0.6 is 0 Å². The molecule has 0 saturated carbocycles. The number of nitrogens with zero attached hydrogens (tertiary/aromatic N) is 2. The number of carbonyl (C=O) groups is 1. The van der Waals surface area contributed by atoms with Crippen molar-refractivity contribution in [1.29, 1.82) is 0 Å². The molecule has 0 saturated heterocycles. The van der Waals surface area contributed by atoms with Crippen LogP contribution in [0.1, 0.15) is 16.1 Å². The Balaban J connectivity index is 2.01. The van der Waals surface area contributed by atoms with Crippen molar-refractivity contribution in [1.82, 2.24) is 9.88 Å². The zero-order valence-corrected chi connectivity index (χ0v) is 11.4. The summed E-state index contributed by atoms with van der Waals surface area (Å²) in [5, 5.41) is 0. The second-order valence-corrected chi connectivity index (χ2v) is 4.64. The number of nitrogen functional groups attached to an aromatic ring is 2. The number of rotatable bonds is 4. The first-order chi connectivity index (χ1) is 9.58. The third kappa shape index (κ3) is 3.26. The van der Waals surface area contributed by atoms with Gasteiger partial charge in [0, 0.05) is 43.3 Å². The molecule has 1 aromatic heterocycles. The van der Waals surface area contributed by atoms with Gasteiger partial charge in [0.2, 0.25) is 0 Å². The Kier molecular flexibility index (Phi) is 4.20. The van der Waals surface area contributed by atoms with Crippen LogP contribution in [-0.2, 0) is 6.42 Å². The first-order valence-electron chi connectivity index (χ1n) is 6.38. The van der Waals surface area contributed by atoms with Crippen molar-refractivity contribution < 1.29 is 4.79 Å². The van der Waals surface area contributed by atoms with Crippen molar-refractivity contribution in [2.24, 2.45) is 0 Å². The van der Waals surface area contributed by atoms with Gasteiger partial charge in [0.25, 0.3) is 5.91 Å². The molecule has 0 spiro atoms. The number of nitrogens with two attached hydrogens (primary N) is 2. The number of hydrogen-bond donors (Lipinski definition) is 2. The molecule has 1 heterocycles. The Labute approximate surface area is 118 Å². The van der Waals surface area contributed by atoms with E-state index >= 15 is 0 Å². The predicted octanol–water partition coefficient (Wildman–Crippen LogP) is 1.56. The molecule has 5 nitrogen and oxygen atoms in total. The van der Waals surface area contributed by atoms with Gasteiger partial charge in [-0.3, -0.25) is 9.78 Å². The molecule has 0 bridgehead atoms. The summed E-state index contributed by atoms with van der Waals surface area (Å²) in [6, 6.07) is 10.7. The molecule has 1 aromatic carbocycles. The molecule has 2 aromatic rings. The Bertz CT molecular complexity index is 598. The number of likely N-dealkylation sites (N-methyl/N-ethyl adjacent to an activating group) is 1. The number of amides is 1. The predicted molar refractivity (Wildman–Crippen MR) is 80.2 cm³/mol. The lowest BCUT2D eigenvalue weighted by atomic mass is 10.1. The van der Waals surface area contributed by atoms with Crippen molar-refractivity contribution in [2.45, 2.75) is 6.42 Å². The van der Waals surface area contributed by atoms with Crippen LogP contribution in [0.4, 0.5) is 11.4 Å². The molecule has 0 aliphatic carbocycles. The second-order valence-electron chi connectivity index (χ2n) is 4.64. The number of anilines is 2. The standard InChI is InChI=1S/C15H18N4O/c1-19(9-7-12-4-2-3-8-18-12)15(20)13-6-5-11(16)10-14(13)17/h2-6,8,10H,7,9,16-17H2,1H3. The molecular weight excluding hydrogens is 252 g/mol. The van der Waals surface area contributed by atoms with Gasteiger partial charge in [-0.2, -0.15) is 0 Å². The van der Waals surface area contributed by atoms with Gasteiger partial charge in [-0.05, 0) is 30.3 Å². The minimum absolute atomic E-state index is 0.113. The van der Waals surface area contributed by atoms with Crippen LogP contribution in [-0.4, -0.2) is 29.4 Å². The molecule has 0 unspecified atom stereocenters. The largest absolute Gasteiger partial charge is 0.399 e. The number of aromatic nitrogens is 1. The third-order valence-electron chi connectivity index (χ3n) is 3.08. The Morgan fingerprint density at radius 1 is 1.25 bits per heavy atom. The molecule has 0 aliphatic heterocycles. The smallest absolute Gasteiger partial charge is 0.255 e. The van der Waals surface area contributed by atoms with Crippen LogP contribution in [0.3, 0.4) is 0 Å². The van der Waals surface area contributed by atoms with E-state index in [1.807, 2.05) is 18.2 Å². The molecule has 20 heavy (non-hydrogen) atoms. The molecule has 0 atom stereocenters. The number of carbonyl (C=O) groups excluding carboxylic acids is 1. The van der Waals surface area contributed by atoms with E-state index in [0.717, 1.165) is 5.69 Å². The number of hydrogen-bond acceptors (Lipinski definition) is 4. The van der Waals surface area contributed by atoms with E-state index in [4.69, 9.17) is 11.5 Å². The fourth-order valence-corrected chi connectivity index (χ4v) is 1.91. The van der Waals surface area contributed by atoms with Crippen LogP contribution < -0.4 is 11.5 Å². The summed E-state index contributed by atoms with van der Waals surface area (Å²) in [5.41, 5.74) is 13.8. The quantitative estimate of drug-likeness (QED) is 0.826. The molecular formula is C15H18N4O. The monoisotopic (exact) mass is 270 g/mol. The van der Waals surface area contributed by atoms with Gasteiger partial charge in [-0.1, -0.05) is 6.07 Å². The highest BCUT2D eigenvalue weighted by Crippen LogP contribution is 2.17. The lowest BCUT2D eigenvalue weighted by molar-refractivity contribution is 0.0797. The second kappa shape index (κ2) is 6.06. The summed E-state index contributed by atoms with van der Waals surface area (Å²) in [6.45, 7) is 0.583. The van der Waals surface area contributed by atoms with Crippen molar-refractivity contribution >= 4 is 17.3 Å². The summed E-state index contributed by atoms with van der Waals surface area (Å²) < 4.78 is 0. The maximum absolute atomic E-state index is 12.3. The van der Waals surface area contributed by atoms with Crippen LogP contribution in [0.25, 0.3) is 0 Å². The summed E-state index contributed by atoms with van der Waals surface area (Å²) in [4.78, 5) is 18.2. The first-order valence-corrected chi connectivity index (χ1v) is 6.38. The summed E-state index contributed by atoms with van der Waals surface area (Å²) in [6.07, 6.45) is 2.45. The van der Waals surface area contributed by atoms with E-state index in [2.05, 4.69) is 4.98 Å². The maximum Gasteiger partial charge on any atom is 0.255 e. The molecule has 5 heteroatoms. The van der Waals surface area contributed by atoms with E-state index in [-0.39, 0.29) is 5.91 Å². The summed E-state index contributed by atoms with van der Waals surface area (Å²) in [7, 11) is 1.75. The SMILES string of the molecule is CN(CCc1ccccn1)C(=O)c1ccc(N)cc1N. The molecule has 4 N–H and O–H groups in total. The molecule has 0 fully saturated rings. The van der Waals surface area contributed by atoms with Crippen LogP contribution in [0.15, 0.2) is 42.6 Å². The van der Waals surface area contributed by atoms with Gasteiger partial charge in [0.05, 0.1) is 5.56 Å². The maximum atomic E-state index is 12.3. The highest BCUT2D eigenvalue weighted by molar-refractivity contribution is 5.99.